The zero-order valence-electron chi connectivity index (χ0n) is 10.2. The molecule has 0 bridgehead atoms. The van der Waals surface area contributed by atoms with Crippen molar-refractivity contribution in [2.75, 3.05) is 33.2 Å². The van der Waals surface area contributed by atoms with Crippen LogP contribution in [0, 0.1) is 11.8 Å². The number of carbonyl (C=O) groups is 2. The van der Waals surface area contributed by atoms with Crippen molar-refractivity contribution in [2.45, 2.75) is 18.9 Å². The molecule has 3 fully saturated rings. The molecule has 5 nitrogen and oxygen atoms in total. The zero-order chi connectivity index (χ0) is 12.0. The van der Waals surface area contributed by atoms with Gasteiger partial charge in [0.25, 0.3) is 0 Å². The van der Waals surface area contributed by atoms with Crippen LogP contribution >= 0.6 is 0 Å². The summed E-state index contributed by atoms with van der Waals surface area (Å²) in [5.74, 6) is -0.0855. The van der Waals surface area contributed by atoms with Crippen LogP contribution in [0.4, 0.5) is 0 Å². The number of hydrogen-bond donors (Lipinski definition) is 1. The third-order valence-electron chi connectivity index (χ3n) is 4.47. The van der Waals surface area contributed by atoms with E-state index in [1.54, 1.807) is 7.05 Å². The average molecular weight is 237 g/mol. The number of imide groups is 1. The third kappa shape index (κ3) is 1.68. The van der Waals surface area contributed by atoms with Crippen LogP contribution in [0.15, 0.2) is 0 Å². The van der Waals surface area contributed by atoms with Crippen molar-refractivity contribution < 1.29 is 9.59 Å². The lowest BCUT2D eigenvalue weighted by Crippen LogP contribution is -2.44. The van der Waals surface area contributed by atoms with Gasteiger partial charge in [0.15, 0.2) is 0 Å². The van der Waals surface area contributed by atoms with Crippen molar-refractivity contribution in [3.63, 3.8) is 0 Å². The molecule has 0 aromatic heterocycles. The van der Waals surface area contributed by atoms with Crippen LogP contribution in [0.1, 0.15) is 12.8 Å². The van der Waals surface area contributed by atoms with Crippen LogP contribution < -0.4 is 5.32 Å². The number of rotatable bonds is 1. The maximum atomic E-state index is 11.9. The van der Waals surface area contributed by atoms with E-state index < -0.39 is 0 Å². The number of fused-ring (bicyclic) bond motifs is 1. The molecule has 0 saturated carbocycles. The summed E-state index contributed by atoms with van der Waals surface area (Å²) in [4.78, 5) is 27.5. The monoisotopic (exact) mass is 237 g/mol. The molecule has 3 heterocycles. The minimum Gasteiger partial charge on any atom is -0.317 e. The van der Waals surface area contributed by atoms with Gasteiger partial charge in [-0.2, -0.15) is 0 Å². The van der Waals surface area contributed by atoms with Crippen LogP contribution in [0.5, 0.6) is 0 Å². The maximum absolute atomic E-state index is 11.9. The van der Waals surface area contributed by atoms with Crippen molar-refractivity contribution in [1.82, 2.24) is 15.1 Å². The van der Waals surface area contributed by atoms with E-state index in [2.05, 4.69) is 10.2 Å². The molecule has 3 aliphatic rings. The molecule has 2 amide bonds. The summed E-state index contributed by atoms with van der Waals surface area (Å²) in [5.41, 5.74) is 0. The molecule has 5 heteroatoms. The number of amides is 2. The molecule has 94 valence electrons. The first kappa shape index (κ1) is 11.2. The Hall–Kier alpha value is -0.940. The number of nitrogens with one attached hydrogen (secondary N) is 1. The average Bonchev–Trinajstić information content (AvgIpc) is 2.88. The second-order valence-electron chi connectivity index (χ2n) is 5.38. The molecule has 0 spiro atoms. The van der Waals surface area contributed by atoms with Crippen LogP contribution in [0.25, 0.3) is 0 Å². The lowest BCUT2D eigenvalue weighted by molar-refractivity contribution is -0.139. The predicted molar refractivity (Wildman–Crippen MR) is 62.2 cm³/mol. The van der Waals surface area contributed by atoms with Gasteiger partial charge in [-0.3, -0.25) is 19.4 Å². The molecular formula is C12H19N3O2. The topological polar surface area (TPSA) is 52.7 Å². The number of hydrogen-bond acceptors (Lipinski definition) is 4. The van der Waals surface area contributed by atoms with E-state index in [1.807, 2.05) is 0 Å². The number of likely N-dealkylation sites (tertiary alicyclic amines) is 2. The fourth-order valence-corrected chi connectivity index (χ4v) is 3.41. The Morgan fingerprint density at radius 2 is 1.59 bits per heavy atom. The summed E-state index contributed by atoms with van der Waals surface area (Å²) in [6.45, 7) is 3.67. The molecule has 0 aliphatic carbocycles. The third-order valence-corrected chi connectivity index (χ3v) is 4.47. The molecule has 2 atom stereocenters. The SMILES string of the molecule is CN1C(=O)[C@H]2CN(C3CCNCC3)C[C@@H]2C1=O. The summed E-state index contributed by atoms with van der Waals surface area (Å²) in [7, 11) is 1.61. The molecule has 0 aromatic rings. The molecule has 3 aliphatic heterocycles. The van der Waals surface area contributed by atoms with Crippen molar-refractivity contribution in [3.05, 3.63) is 0 Å². The Morgan fingerprint density at radius 1 is 1.06 bits per heavy atom. The van der Waals surface area contributed by atoms with E-state index in [0.29, 0.717) is 6.04 Å². The summed E-state index contributed by atoms with van der Waals surface area (Å²) in [6, 6.07) is 0.563. The van der Waals surface area contributed by atoms with Crippen LogP contribution in [-0.4, -0.2) is 60.9 Å². The molecule has 3 saturated heterocycles. The van der Waals surface area contributed by atoms with Crippen LogP contribution in [0.3, 0.4) is 0 Å². The Balaban J connectivity index is 1.70. The minimum atomic E-state index is -0.0672. The van der Waals surface area contributed by atoms with Crippen LogP contribution in [0.2, 0.25) is 0 Å². The smallest absolute Gasteiger partial charge is 0.234 e. The highest BCUT2D eigenvalue weighted by Crippen LogP contribution is 2.34. The van der Waals surface area contributed by atoms with Gasteiger partial charge in [-0.05, 0) is 25.9 Å². The molecule has 17 heavy (non-hydrogen) atoms. The van der Waals surface area contributed by atoms with Gasteiger partial charge < -0.3 is 5.32 Å². The Morgan fingerprint density at radius 3 is 2.12 bits per heavy atom. The second kappa shape index (κ2) is 4.07. The highest BCUT2D eigenvalue weighted by Gasteiger charge is 2.51. The maximum Gasteiger partial charge on any atom is 0.234 e. The van der Waals surface area contributed by atoms with E-state index in [1.165, 1.54) is 4.90 Å². The summed E-state index contributed by atoms with van der Waals surface area (Å²) >= 11 is 0. The highest BCUT2D eigenvalue weighted by atomic mass is 16.2. The van der Waals surface area contributed by atoms with Gasteiger partial charge in [0.05, 0.1) is 11.8 Å². The number of nitrogens with zero attached hydrogens (tertiary/aromatic N) is 2. The Bertz CT molecular complexity index is 328. The second-order valence-corrected chi connectivity index (χ2v) is 5.38. The van der Waals surface area contributed by atoms with Gasteiger partial charge >= 0.3 is 0 Å². The lowest BCUT2D eigenvalue weighted by atomic mass is 10.00. The minimum absolute atomic E-state index is 0.0245. The summed E-state index contributed by atoms with van der Waals surface area (Å²) < 4.78 is 0. The predicted octanol–water partition coefficient (Wildman–Crippen LogP) is -0.715. The van der Waals surface area contributed by atoms with Crippen molar-refractivity contribution in [1.29, 1.82) is 0 Å². The fraction of sp³-hybridized carbons (Fsp3) is 0.833. The van der Waals surface area contributed by atoms with E-state index in [9.17, 15) is 9.59 Å². The molecule has 0 unspecified atom stereocenters. The Kier molecular flexibility index (Phi) is 2.67. The van der Waals surface area contributed by atoms with Gasteiger partial charge in [-0.25, -0.2) is 0 Å². The number of carbonyl (C=O) groups excluding carboxylic acids is 2. The first-order chi connectivity index (χ1) is 8.18. The highest BCUT2D eigenvalue weighted by molar-refractivity contribution is 6.05. The van der Waals surface area contributed by atoms with Gasteiger partial charge in [0.2, 0.25) is 11.8 Å². The summed E-state index contributed by atoms with van der Waals surface area (Å²) in [5, 5.41) is 3.34. The first-order valence-corrected chi connectivity index (χ1v) is 6.44. The largest absolute Gasteiger partial charge is 0.317 e. The van der Waals surface area contributed by atoms with Gasteiger partial charge in [-0.15, -0.1) is 0 Å². The van der Waals surface area contributed by atoms with Gasteiger partial charge in [0, 0.05) is 26.2 Å². The van der Waals surface area contributed by atoms with E-state index in [0.717, 1.165) is 39.0 Å². The standard InChI is InChI=1S/C12H19N3O2/c1-14-11(16)9-6-15(7-10(9)12(14)17)8-2-4-13-5-3-8/h8-10,13H,2-7H2,1H3/t9-,10-/m0/s1. The van der Waals surface area contributed by atoms with Gasteiger partial charge in [-0.1, -0.05) is 0 Å². The first-order valence-electron chi connectivity index (χ1n) is 6.44. The number of piperidine rings is 1. The van der Waals surface area contributed by atoms with Crippen molar-refractivity contribution in [3.8, 4) is 0 Å². The molecule has 0 radical (unpaired) electrons. The molecule has 0 aromatic carbocycles. The fourth-order valence-electron chi connectivity index (χ4n) is 3.41. The van der Waals surface area contributed by atoms with E-state index in [4.69, 9.17) is 0 Å². The quantitative estimate of drug-likeness (QED) is 0.612. The summed E-state index contributed by atoms with van der Waals surface area (Å²) in [6.07, 6.45) is 2.27. The van der Waals surface area contributed by atoms with Crippen LogP contribution in [-0.2, 0) is 9.59 Å². The molecular weight excluding hydrogens is 218 g/mol. The van der Waals surface area contributed by atoms with Crippen molar-refractivity contribution >= 4 is 11.8 Å². The van der Waals surface area contributed by atoms with E-state index in [-0.39, 0.29) is 23.7 Å². The van der Waals surface area contributed by atoms with Gasteiger partial charge in [0.1, 0.15) is 0 Å². The zero-order valence-corrected chi connectivity index (χ0v) is 10.2. The Labute approximate surface area is 101 Å². The van der Waals surface area contributed by atoms with E-state index >= 15 is 0 Å². The lowest BCUT2D eigenvalue weighted by Gasteiger charge is -2.32. The molecule has 1 N–H and O–H groups in total. The normalized spacial score (nSPS) is 35.7. The van der Waals surface area contributed by atoms with Crippen molar-refractivity contribution in [2.24, 2.45) is 11.8 Å². The molecule has 3 rings (SSSR count).